The smallest absolute Gasteiger partial charge is 0.0557 e. The fraction of sp³-hybridized carbons (Fsp3) is 1.00. The zero-order valence-corrected chi connectivity index (χ0v) is 7.94. The predicted octanol–water partition coefficient (Wildman–Crippen LogP) is 2.98. The van der Waals surface area contributed by atoms with E-state index in [4.69, 9.17) is 0 Å². The summed E-state index contributed by atoms with van der Waals surface area (Å²) in [5.74, 6) is 1.35. The first-order valence-electron chi connectivity index (χ1n) is 3.42. The van der Waals surface area contributed by atoms with E-state index in [-0.39, 0.29) is 0 Å². The summed E-state index contributed by atoms with van der Waals surface area (Å²) < 4.78 is 0.484. The van der Waals surface area contributed by atoms with E-state index in [1.807, 2.05) is 0 Å². The molecule has 2 heteroatoms. The third kappa shape index (κ3) is 2.42. The highest BCUT2D eigenvalue weighted by Crippen LogP contribution is 2.44. The molecule has 54 valence electrons. The second kappa shape index (κ2) is 2.75. The van der Waals surface area contributed by atoms with Gasteiger partial charge in [0.2, 0.25) is 0 Å². The molecule has 0 nitrogen and oxygen atoms in total. The molecule has 0 aliphatic carbocycles. The largest absolute Gasteiger partial charge is 0.145 e. The van der Waals surface area contributed by atoms with Crippen LogP contribution in [-0.4, -0.2) is 15.1 Å². The second-order valence-corrected chi connectivity index (χ2v) is 7.00. The molecular formula is C7H14S2. The minimum Gasteiger partial charge on any atom is -0.145 e. The minimum absolute atomic E-state index is 0.484. The lowest BCUT2D eigenvalue weighted by Gasteiger charge is -2.32. The van der Waals surface area contributed by atoms with Gasteiger partial charge in [-0.05, 0) is 26.0 Å². The third-order valence-corrected chi connectivity index (χ3v) is 4.44. The Hall–Kier alpha value is 0.700. The summed E-state index contributed by atoms with van der Waals surface area (Å²) in [5.41, 5.74) is 0. The van der Waals surface area contributed by atoms with E-state index >= 15 is 0 Å². The number of hydrogen-bond donors (Lipinski definition) is 0. The molecule has 1 heterocycles. The molecule has 0 bridgehead atoms. The van der Waals surface area contributed by atoms with Gasteiger partial charge in [0.25, 0.3) is 0 Å². The van der Waals surface area contributed by atoms with Crippen LogP contribution in [0.1, 0.15) is 27.2 Å². The molecule has 1 atom stereocenters. The molecule has 9 heavy (non-hydrogen) atoms. The molecule has 0 unspecified atom stereocenters. The molecule has 0 spiro atoms. The highest BCUT2D eigenvalue weighted by molar-refractivity contribution is 8.19. The number of thioether (sulfide) groups is 2. The van der Waals surface area contributed by atoms with E-state index < -0.39 is 0 Å². The Morgan fingerprint density at radius 2 is 2.11 bits per heavy atom. The Morgan fingerprint density at radius 1 is 1.44 bits per heavy atom. The van der Waals surface area contributed by atoms with Gasteiger partial charge in [-0.3, -0.25) is 0 Å². The quantitative estimate of drug-likeness (QED) is 0.537. The first kappa shape index (κ1) is 7.80. The lowest BCUT2D eigenvalue weighted by Crippen LogP contribution is -2.20. The van der Waals surface area contributed by atoms with Gasteiger partial charge in [0.15, 0.2) is 0 Å². The Labute approximate surface area is 66.2 Å². The zero-order chi connectivity index (χ0) is 6.91. The van der Waals surface area contributed by atoms with Gasteiger partial charge in [0.1, 0.15) is 0 Å². The standard InChI is InChI=1S/C7H14S2/c1-6-4-5-8-7(2,3)9-6/h6H,4-5H2,1-3H3/t6-/m1/s1. The fourth-order valence-corrected chi connectivity index (χ4v) is 4.38. The maximum atomic E-state index is 2.33. The van der Waals surface area contributed by atoms with E-state index in [2.05, 4.69) is 44.3 Å². The molecule has 0 aromatic carbocycles. The molecule has 1 saturated heterocycles. The molecule has 0 N–H and O–H groups in total. The highest BCUT2D eigenvalue weighted by Gasteiger charge is 2.26. The summed E-state index contributed by atoms with van der Waals surface area (Å²) in [7, 11) is 0. The van der Waals surface area contributed by atoms with Crippen molar-refractivity contribution in [3.05, 3.63) is 0 Å². The van der Waals surface area contributed by atoms with Gasteiger partial charge < -0.3 is 0 Å². The topological polar surface area (TPSA) is 0 Å². The van der Waals surface area contributed by atoms with Crippen molar-refractivity contribution >= 4 is 23.5 Å². The normalized spacial score (nSPS) is 34.3. The van der Waals surface area contributed by atoms with E-state index in [1.54, 1.807) is 0 Å². The van der Waals surface area contributed by atoms with Crippen LogP contribution in [-0.2, 0) is 0 Å². The Morgan fingerprint density at radius 3 is 2.44 bits per heavy atom. The van der Waals surface area contributed by atoms with Crippen LogP contribution >= 0.6 is 23.5 Å². The van der Waals surface area contributed by atoms with E-state index in [9.17, 15) is 0 Å². The van der Waals surface area contributed by atoms with Gasteiger partial charge in [-0.1, -0.05) is 6.92 Å². The molecule has 0 amide bonds. The van der Waals surface area contributed by atoms with Crippen molar-refractivity contribution < 1.29 is 0 Å². The third-order valence-electron chi connectivity index (χ3n) is 1.46. The maximum Gasteiger partial charge on any atom is 0.0557 e. The van der Waals surface area contributed by atoms with Crippen LogP contribution < -0.4 is 0 Å². The molecule has 0 aromatic heterocycles. The van der Waals surface area contributed by atoms with Gasteiger partial charge in [-0.25, -0.2) is 0 Å². The van der Waals surface area contributed by atoms with Crippen LogP contribution in [0.3, 0.4) is 0 Å². The SMILES string of the molecule is C[C@@H]1CCSC(C)(C)S1. The zero-order valence-electron chi connectivity index (χ0n) is 6.31. The summed E-state index contributed by atoms with van der Waals surface area (Å²) in [6.45, 7) is 6.96. The average Bonchev–Trinajstić information content (AvgIpc) is 1.60. The number of rotatable bonds is 0. The monoisotopic (exact) mass is 162 g/mol. The lowest BCUT2D eigenvalue weighted by molar-refractivity contribution is 0.868. The maximum absolute atomic E-state index is 2.33. The molecule has 1 fully saturated rings. The molecule has 1 aliphatic rings. The van der Waals surface area contributed by atoms with Gasteiger partial charge in [-0.15, -0.1) is 23.5 Å². The van der Waals surface area contributed by atoms with Gasteiger partial charge in [0.05, 0.1) is 4.08 Å². The van der Waals surface area contributed by atoms with Crippen molar-refractivity contribution in [3.8, 4) is 0 Å². The van der Waals surface area contributed by atoms with Crippen LogP contribution in [0, 0.1) is 0 Å². The predicted molar refractivity (Wildman–Crippen MR) is 48.2 cm³/mol. The van der Waals surface area contributed by atoms with E-state index in [1.165, 1.54) is 12.2 Å². The van der Waals surface area contributed by atoms with Crippen LogP contribution in [0.2, 0.25) is 0 Å². The Bertz CT molecular complexity index is 99.1. The Balaban J connectivity index is 2.41. The van der Waals surface area contributed by atoms with E-state index in [0.717, 1.165) is 5.25 Å². The van der Waals surface area contributed by atoms with Crippen molar-refractivity contribution in [2.45, 2.75) is 36.5 Å². The summed E-state index contributed by atoms with van der Waals surface area (Å²) in [4.78, 5) is 0. The van der Waals surface area contributed by atoms with Crippen molar-refractivity contribution in [1.82, 2.24) is 0 Å². The average molecular weight is 162 g/mol. The molecule has 0 aromatic rings. The van der Waals surface area contributed by atoms with Gasteiger partial charge in [0, 0.05) is 5.25 Å². The van der Waals surface area contributed by atoms with Crippen LogP contribution in [0.25, 0.3) is 0 Å². The second-order valence-electron chi connectivity index (χ2n) is 2.97. The van der Waals surface area contributed by atoms with Crippen molar-refractivity contribution in [2.24, 2.45) is 0 Å². The fourth-order valence-electron chi connectivity index (χ4n) is 1.05. The van der Waals surface area contributed by atoms with Crippen molar-refractivity contribution in [2.75, 3.05) is 5.75 Å². The molecule has 0 saturated carbocycles. The Kier molecular flexibility index (Phi) is 2.38. The molecule has 1 rings (SSSR count). The van der Waals surface area contributed by atoms with Gasteiger partial charge in [-0.2, -0.15) is 0 Å². The minimum atomic E-state index is 0.484. The molecule has 1 aliphatic heterocycles. The lowest BCUT2D eigenvalue weighted by atomic mass is 10.4. The molecule has 0 radical (unpaired) electrons. The van der Waals surface area contributed by atoms with Crippen LogP contribution in [0.5, 0.6) is 0 Å². The summed E-state index contributed by atoms with van der Waals surface area (Å²) in [6, 6.07) is 0. The van der Waals surface area contributed by atoms with Gasteiger partial charge >= 0.3 is 0 Å². The van der Waals surface area contributed by atoms with Crippen molar-refractivity contribution in [3.63, 3.8) is 0 Å². The van der Waals surface area contributed by atoms with Crippen LogP contribution in [0.4, 0.5) is 0 Å². The first-order valence-corrected chi connectivity index (χ1v) is 5.28. The van der Waals surface area contributed by atoms with Crippen LogP contribution in [0.15, 0.2) is 0 Å². The number of hydrogen-bond acceptors (Lipinski definition) is 2. The first-order chi connectivity index (χ1) is 4.10. The summed E-state index contributed by atoms with van der Waals surface area (Å²) in [5, 5.41) is 0.876. The van der Waals surface area contributed by atoms with E-state index in [0.29, 0.717) is 4.08 Å². The van der Waals surface area contributed by atoms with Crippen molar-refractivity contribution in [1.29, 1.82) is 0 Å². The molecular weight excluding hydrogens is 148 g/mol. The summed E-state index contributed by atoms with van der Waals surface area (Å²) >= 11 is 4.19. The summed E-state index contributed by atoms with van der Waals surface area (Å²) in [6.07, 6.45) is 1.39. The highest BCUT2D eigenvalue weighted by atomic mass is 32.2.